The Morgan fingerprint density at radius 3 is 3.00 bits per heavy atom. The highest BCUT2D eigenvalue weighted by molar-refractivity contribution is 7.22. The lowest BCUT2D eigenvalue weighted by atomic mass is 9.73. The van der Waals surface area contributed by atoms with Crippen molar-refractivity contribution < 1.29 is 4.39 Å². The summed E-state index contributed by atoms with van der Waals surface area (Å²) in [5.41, 5.74) is 1.18. The summed E-state index contributed by atoms with van der Waals surface area (Å²) in [5.74, 6) is -0.194. The second-order valence-electron chi connectivity index (χ2n) is 6.06. The van der Waals surface area contributed by atoms with E-state index in [2.05, 4.69) is 24.1 Å². The van der Waals surface area contributed by atoms with Gasteiger partial charge in [0.2, 0.25) is 0 Å². The number of nitrogens with zero attached hydrogens (tertiary/aromatic N) is 1. The number of rotatable bonds is 2. The first-order valence-electron chi connectivity index (χ1n) is 6.87. The Morgan fingerprint density at radius 1 is 1.37 bits per heavy atom. The van der Waals surface area contributed by atoms with Crippen molar-refractivity contribution in [2.45, 2.75) is 45.6 Å². The van der Waals surface area contributed by atoms with Gasteiger partial charge >= 0.3 is 0 Å². The van der Waals surface area contributed by atoms with Crippen LogP contribution in [0.4, 0.5) is 9.52 Å². The summed E-state index contributed by atoms with van der Waals surface area (Å²) in [4.78, 5) is 4.55. The zero-order valence-corrected chi connectivity index (χ0v) is 12.2. The molecule has 2 nitrogen and oxygen atoms in total. The van der Waals surface area contributed by atoms with E-state index in [9.17, 15) is 4.39 Å². The van der Waals surface area contributed by atoms with Gasteiger partial charge in [-0.2, -0.15) is 0 Å². The van der Waals surface area contributed by atoms with Crippen LogP contribution in [0.1, 0.15) is 39.5 Å². The highest BCUT2D eigenvalue weighted by atomic mass is 32.1. The summed E-state index contributed by atoms with van der Waals surface area (Å²) in [6.45, 7) is 4.63. The maximum Gasteiger partial charge on any atom is 0.184 e. The fourth-order valence-electron chi connectivity index (χ4n) is 2.87. The van der Waals surface area contributed by atoms with Crippen LogP contribution in [0.3, 0.4) is 0 Å². The lowest BCUT2D eigenvalue weighted by Crippen LogP contribution is -2.38. The van der Waals surface area contributed by atoms with Crippen LogP contribution in [-0.4, -0.2) is 11.0 Å². The smallest absolute Gasteiger partial charge is 0.184 e. The molecule has 3 rings (SSSR count). The number of aromatic nitrogens is 1. The zero-order chi connectivity index (χ0) is 13.5. The van der Waals surface area contributed by atoms with E-state index in [4.69, 9.17) is 0 Å². The Hall–Kier alpha value is -1.16. The maximum atomic E-state index is 13.2. The van der Waals surface area contributed by atoms with Gasteiger partial charge in [-0.15, -0.1) is 0 Å². The third-order valence-corrected chi connectivity index (χ3v) is 5.10. The molecule has 0 aliphatic heterocycles. The van der Waals surface area contributed by atoms with E-state index in [1.165, 1.54) is 31.7 Å². The number of halogens is 1. The molecular weight excluding hydrogens is 259 g/mol. The van der Waals surface area contributed by atoms with Gasteiger partial charge < -0.3 is 5.32 Å². The quantitative estimate of drug-likeness (QED) is 0.852. The highest BCUT2D eigenvalue weighted by Crippen LogP contribution is 2.38. The molecule has 1 heterocycles. The van der Waals surface area contributed by atoms with Crippen LogP contribution in [-0.2, 0) is 0 Å². The number of anilines is 1. The Kier molecular flexibility index (Phi) is 3.21. The predicted molar refractivity (Wildman–Crippen MR) is 79.2 cm³/mol. The van der Waals surface area contributed by atoms with E-state index in [0.29, 0.717) is 11.5 Å². The van der Waals surface area contributed by atoms with Crippen LogP contribution in [0.15, 0.2) is 18.2 Å². The van der Waals surface area contributed by atoms with Gasteiger partial charge in [-0.05, 0) is 36.5 Å². The normalized spacial score (nSPS) is 22.6. The fraction of sp³-hybridized carbons (Fsp3) is 0.533. The lowest BCUT2D eigenvalue weighted by molar-refractivity contribution is 0.217. The number of nitrogens with one attached hydrogen (secondary N) is 1. The molecule has 19 heavy (non-hydrogen) atoms. The molecule has 1 unspecified atom stereocenters. The van der Waals surface area contributed by atoms with Gasteiger partial charge in [0.05, 0.1) is 10.2 Å². The molecule has 2 aromatic rings. The molecule has 0 saturated heterocycles. The molecule has 0 radical (unpaired) electrons. The molecular formula is C15H19FN2S. The molecule has 0 spiro atoms. The van der Waals surface area contributed by atoms with Crippen molar-refractivity contribution in [3.63, 3.8) is 0 Å². The van der Waals surface area contributed by atoms with Crippen molar-refractivity contribution in [2.75, 3.05) is 5.32 Å². The topological polar surface area (TPSA) is 24.9 Å². The molecule has 1 aromatic heterocycles. The molecule has 102 valence electrons. The molecule has 4 heteroatoms. The maximum absolute atomic E-state index is 13.2. The Morgan fingerprint density at radius 2 is 2.21 bits per heavy atom. The number of fused-ring (bicyclic) bond motifs is 1. The van der Waals surface area contributed by atoms with Crippen LogP contribution in [0.25, 0.3) is 10.2 Å². The van der Waals surface area contributed by atoms with E-state index in [1.54, 1.807) is 23.5 Å². The van der Waals surface area contributed by atoms with Crippen LogP contribution < -0.4 is 5.32 Å². The average molecular weight is 278 g/mol. The predicted octanol–water partition coefficient (Wildman–Crippen LogP) is 4.82. The minimum absolute atomic E-state index is 0.194. The van der Waals surface area contributed by atoms with Crippen molar-refractivity contribution in [2.24, 2.45) is 5.41 Å². The fourth-order valence-corrected chi connectivity index (χ4v) is 3.81. The SMILES string of the molecule is CC1(C)CCCCC1Nc1nc2ccc(F)cc2s1. The van der Waals surface area contributed by atoms with E-state index < -0.39 is 0 Å². The molecule has 1 N–H and O–H groups in total. The van der Waals surface area contributed by atoms with Gasteiger partial charge in [0.25, 0.3) is 0 Å². The van der Waals surface area contributed by atoms with Crippen molar-refractivity contribution in [3.05, 3.63) is 24.0 Å². The summed E-state index contributed by atoms with van der Waals surface area (Å²) in [6.07, 6.45) is 5.04. The zero-order valence-electron chi connectivity index (χ0n) is 11.4. The number of benzene rings is 1. The van der Waals surface area contributed by atoms with Crippen molar-refractivity contribution in [1.82, 2.24) is 4.98 Å². The Labute approximate surface area is 117 Å². The summed E-state index contributed by atoms with van der Waals surface area (Å²) in [7, 11) is 0. The van der Waals surface area contributed by atoms with E-state index >= 15 is 0 Å². The van der Waals surface area contributed by atoms with Gasteiger partial charge in [0, 0.05) is 6.04 Å². The third-order valence-electron chi connectivity index (χ3n) is 4.16. The molecule has 1 aromatic carbocycles. The van der Waals surface area contributed by atoms with Crippen molar-refractivity contribution >= 4 is 26.7 Å². The highest BCUT2D eigenvalue weighted by Gasteiger charge is 2.32. The molecule has 1 atom stereocenters. The van der Waals surface area contributed by atoms with E-state index in [0.717, 1.165) is 15.3 Å². The Bertz CT molecular complexity index is 591. The largest absolute Gasteiger partial charge is 0.358 e. The second-order valence-corrected chi connectivity index (χ2v) is 7.09. The molecule has 1 saturated carbocycles. The van der Waals surface area contributed by atoms with Gasteiger partial charge in [-0.1, -0.05) is 38.0 Å². The molecule has 0 bridgehead atoms. The first kappa shape index (κ1) is 12.9. The summed E-state index contributed by atoms with van der Waals surface area (Å²) in [5, 5.41) is 4.48. The number of hydrogen-bond acceptors (Lipinski definition) is 3. The van der Waals surface area contributed by atoms with E-state index in [1.807, 2.05) is 0 Å². The van der Waals surface area contributed by atoms with Gasteiger partial charge in [-0.25, -0.2) is 9.37 Å². The lowest BCUT2D eigenvalue weighted by Gasteiger charge is -2.38. The van der Waals surface area contributed by atoms with Gasteiger partial charge in [-0.3, -0.25) is 0 Å². The first-order valence-corrected chi connectivity index (χ1v) is 7.69. The molecule has 1 aliphatic carbocycles. The van der Waals surface area contributed by atoms with Gasteiger partial charge in [0.1, 0.15) is 5.82 Å². The molecule has 1 aliphatic rings. The van der Waals surface area contributed by atoms with Crippen molar-refractivity contribution in [1.29, 1.82) is 0 Å². The Balaban J connectivity index is 1.84. The summed E-state index contributed by atoms with van der Waals surface area (Å²) in [6, 6.07) is 5.24. The van der Waals surface area contributed by atoms with Crippen LogP contribution in [0, 0.1) is 11.2 Å². The number of hydrogen-bond donors (Lipinski definition) is 1. The van der Waals surface area contributed by atoms with Crippen molar-refractivity contribution in [3.8, 4) is 0 Å². The van der Waals surface area contributed by atoms with Crippen LogP contribution >= 0.6 is 11.3 Å². The molecule has 0 amide bonds. The third kappa shape index (κ3) is 2.59. The van der Waals surface area contributed by atoms with Crippen LogP contribution in [0.5, 0.6) is 0 Å². The standard InChI is InChI=1S/C15H19FN2S/c1-15(2)8-4-3-5-13(15)18-14-17-11-7-6-10(16)9-12(11)19-14/h6-7,9,13H,3-5,8H2,1-2H3,(H,17,18). The summed E-state index contributed by atoms with van der Waals surface area (Å²) >= 11 is 1.54. The average Bonchev–Trinajstić information content (AvgIpc) is 2.73. The molecule has 1 fully saturated rings. The second kappa shape index (κ2) is 4.75. The summed E-state index contributed by atoms with van der Waals surface area (Å²) < 4.78 is 14.1. The van der Waals surface area contributed by atoms with Gasteiger partial charge in [0.15, 0.2) is 5.13 Å². The number of thiazole rings is 1. The minimum atomic E-state index is -0.194. The minimum Gasteiger partial charge on any atom is -0.358 e. The first-order chi connectivity index (χ1) is 9.04. The van der Waals surface area contributed by atoms with E-state index in [-0.39, 0.29) is 5.82 Å². The monoisotopic (exact) mass is 278 g/mol. The van der Waals surface area contributed by atoms with Crippen LogP contribution in [0.2, 0.25) is 0 Å².